The lowest BCUT2D eigenvalue weighted by atomic mass is 10.0. The van der Waals surface area contributed by atoms with E-state index in [1.165, 1.54) is 0 Å². The number of hydrogen-bond donors (Lipinski definition) is 2. The first kappa shape index (κ1) is 12.9. The van der Waals surface area contributed by atoms with Crippen molar-refractivity contribution in [3.05, 3.63) is 59.8 Å². The van der Waals surface area contributed by atoms with E-state index in [4.69, 9.17) is 5.73 Å². The van der Waals surface area contributed by atoms with Crippen LogP contribution in [-0.4, -0.2) is 20.2 Å². The maximum Gasteiger partial charge on any atom is 0.123 e. The predicted octanol–water partition coefficient (Wildman–Crippen LogP) is 2.16. The van der Waals surface area contributed by atoms with Gasteiger partial charge in [-0.2, -0.15) is 5.10 Å². The van der Waals surface area contributed by atoms with Gasteiger partial charge in [0.1, 0.15) is 5.82 Å². The number of aryl methyl sites for hydroxylation is 1. The molecule has 3 N–H and O–H groups in total. The molecule has 0 fully saturated rings. The van der Waals surface area contributed by atoms with Crippen molar-refractivity contribution in [2.45, 2.75) is 6.92 Å². The minimum Gasteiger partial charge on any atom is -0.384 e. The zero-order valence-electron chi connectivity index (χ0n) is 11.5. The number of nitrogens with one attached hydrogen (secondary N) is 1. The molecule has 5 nitrogen and oxygen atoms in total. The van der Waals surface area contributed by atoms with E-state index in [2.05, 4.69) is 32.0 Å². The van der Waals surface area contributed by atoms with Crippen LogP contribution in [-0.2, 0) is 0 Å². The van der Waals surface area contributed by atoms with E-state index in [1.54, 1.807) is 24.7 Å². The van der Waals surface area contributed by atoms with Crippen LogP contribution in [0.2, 0.25) is 0 Å². The molecule has 3 rings (SSSR count). The molecule has 0 aliphatic rings. The summed E-state index contributed by atoms with van der Waals surface area (Å²) in [4.78, 5) is 8.34. The maximum absolute atomic E-state index is 5.57. The Bertz CT molecular complexity index is 808. The summed E-state index contributed by atoms with van der Waals surface area (Å²) in [7, 11) is 0. The van der Waals surface area contributed by atoms with E-state index in [-0.39, 0.29) is 0 Å². The van der Waals surface area contributed by atoms with Crippen LogP contribution < -0.4 is 5.73 Å². The fraction of sp³-hybridized carbons (Fsp3) is 0.0625. The molecule has 0 radical (unpaired) electrons. The highest BCUT2D eigenvalue weighted by Crippen LogP contribution is 2.23. The Kier molecular flexibility index (Phi) is 3.36. The van der Waals surface area contributed by atoms with Crippen LogP contribution >= 0.6 is 0 Å². The molecule has 0 amide bonds. The number of H-pyrrole nitrogens is 1. The minimum atomic E-state index is 0.484. The molecule has 102 valence electrons. The molecule has 0 spiro atoms. The quantitative estimate of drug-likeness (QED) is 0.667. The topological polar surface area (TPSA) is 80.5 Å². The molecule has 21 heavy (non-hydrogen) atoms. The fourth-order valence-electron chi connectivity index (χ4n) is 1.98. The highest BCUT2D eigenvalue weighted by atomic mass is 15.1. The summed E-state index contributed by atoms with van der Waals surface area (Å²) in [5.41, 5.74) is 10.1. The van der Waals surface area contributed by atoms with Crippen molar-refractivity contribution in [1.82, 2.24) is 20.2 Å². The van der Waals surface area contributed by atoms with Crippen LogP contribution in [0.5, 0.6) is 0 Å². The summed E-state index contributed by atoms with van der Waals surface area (Å²) >= 11 is 0. The van der Waals surface area contributed by atoms with Crippen LogP contribution in [0.1, 0.15) is 16.8 Å². The van der Waals surface area contributed by atoms with Crippen molar-refractivity contribution in [2.24, 2.45) is 0 Å². The standard InChI is InChI=1S/C16H13N5/c1-11-14(4-2-12-3-5-16(17)19-8-12)15(6-7-18-11)13-9-20-21-10-13/h3,5-10H,1H3,(H2,17,19)(H,20,21). The van der Waals surface area contributed by atoms with Crippen molar-refractivity contribution in [3.63, 3.8) is 0 Å². The van der Waals surface area contributed by atoms with E-state index in [9.17, 15) is 0 Å². The van der Waals surface area contributed by atoms with Gasteiger partial charge in [-0.1, -0.05) is 11.8 Å². The maximum atomic E-state index is 5.57. The number of pyridine rings is 2. The van der Waals surface area contributed by atoms with Crippen LogP contribution in [0.3, 0.4) is 0 Å². The molecule has 0 saturated heterocycles. The van der Waals surface area contributed by atoms with Crippen molar-refractivity contribution >= 4 is 5.82 Å². The van der Waals surface area contributed by atoms with Gasteiger partial charge in [0.05, 0.1) is 17.5 Å². The Morgan fingerprint density at radius 2 is 2.00 bits per heavy atom. The number of nitrogen functional groups attached to an aromatic ring is 1. The zero-order valence-corrected chi connectivity index (χ0v) is 11.5. The summed E-state index contributed by atoms with van der Waals surface area (Å²) in [6, 6.07) is 5.51. The fourth-order valence-corrected chi connectivity index (χ4v) is 1.98. The Labute approximate surface area is 122 Å². The molecule has 0 aromatic carbocycles. The number of aromatic nitrogens is 4. The molecule has 0 saturated carbocycles. The number of nitrogens with zero attached hydrogens (tertiary/aromatic N) is 3. The second-order valence-corrected chi connectivity index (χ2v) is 4.53. The summed E-state index contributed by atoms with van der Waals surface area (Å²) in [5, 5.41) is 6.79. The van der Waals surface area contributed by atoms with E-state index < -0.39 is 0 Å². The second-order valence-electron chi connectivity index (χ2n) is 4.53. The molecule has 3 heterocycles. The third kappa shape index (κ3) is 2.74. The first-order valence-corrected chi connectivity index (χ1v) is 6.42. The number of aromatic amines is 1. The van der Waals surface area contributed by atoms with E-state index in [0.717, 1.165) is 27.9 Å². The smallest absolute Gasteiger partial charge is 0.123 e. The summed E-state index contributed by atoms with van der Waals surface area (Å²) in [6.45, 7) is 1.94. The largest absolute Gasteiger partial charge is 0.384 e. The zero-order chi connectivity index (χ0) is 14.7. The highest BCUT2D eigenvalue weighted by molar-refractivity contribution is 5.71. The number of hydrogen-bond acceptors (Lipinski definition) is 4. The van der Waals surface area contributed by atoms with Crippen LogP contribution in [0.15, 0.2) is 43.0 Å². The molecule has 3 aromatic rings. The average molecular weight is 275 g/mol. The molecular weight excluding hydrogens is 262 g/mol. The van der Waals surface area contributed by atoms with Crippen molar-refractivity contribution in [2.75, 3.05) is 5.73 Å². The molecule has 5 heteroatoms. The normalized spacial score (nSPS) is 9.95. The lowest BCUT2D eigenvalue weighted by molar-refractivity contribution is 1.09. The van der Waals surface area contributed by atoms with Crippen molar-refractivity contribution in [1.29, 1.82) is 0 Å². The van der Waals surface area contributed by atoms with Gasteiger partial charge in [0, 0.05) is 35.3 Å². The molecule has 0 aliphatic heterocycles. The number of anilines is 1. The summed E-state index contributed by atoms with van der Waals surface area (Å²) < 4.78 is 0. The second kappa shape index (κ2) is 5.47. The van der Waals surface area contributed by atoms with Gasteiger partial charge < -0.3 is 5.73 Å². The van der Waals surface area contributed by atoms with Gasteiger partial charge in [0.15, 0.2) is 0 Å². The van der Waals surface area contributed by atoms with Gasteiger partial charge in [0.2, 0.25) is 0 Å². The van der Waals surface area contributed by atoms with Crippen molar-refractivity contribution in [3.8, 4) is 23.0 Å². The molecule has 0 bridgehead atoms. The Morgan fingerprint density at radius 1 is 1.10 bits per heavy atom. The highest BCUT2D eigenvalue weighted by Gasteiger charge is 2.07. The van der Waals surface area contributed by atoms with E-state index in [1.807, 2.05) is 25.3 Å². The average Bonchev–Trinajstić information content (AvgIpc) is 3.01. The number of nitrogens with two attached hydrogens (primary N) is 1. The third-order valence-electron chi connectivity index (χ3n) is 3.07. The lowest BCUT2D eigenvalue weighted by Gasteiger charge is -2.04. The Balaban J connectivity index is 2.05. The van der Waals surface area contributed by atoms with Gasteiger partial charge in [0.25, 0.3) is 0 Å². The summed E-state index contributed by atoms with van der Waals surface area (Å²) in [5.74, 6) is 6.75. The molecular formula is C16H13N5. The number of rotatable bonds is 1. The Morgan fingerprint density at radius 3 is 2.71 bits per heavy atom. The van der Waals surface area contributed by atoms with E-state index >= 15 is 0 Å². The van der Waals surface area contributed by atoms with Gasteiger partial charge in [-0.15, -0.1) is 0 Å². The van der Waals surface area contributed by atoms with Gasteiger partial charge in [-0.3, -0.25) is 10.1 Å². The first-order valence-electron chi connectivity index (χ1n) is 6.42. The van der Waals surface area contributed by atoms with Crippen LogP contribution in [0.4, 0.5) is 5.82 Å². The molecule has 0 aliphatic carbocycles. The monoisotopic (exact) mass is 275 g/mol. The summed E-state index contributed by atoms with van der Waals surface area (Å²) in [6.07, 6.45) is 7.04. The minimum absolute atomic E-state index is 0.484. The molecule has 0 unspecified atom stereocenters. The molecule has 0 atom stereocenters. The van der Waals surface area contributed by atoms with Gasteiger partial charge in [-0.25, -0.2) is 4.98 Å². The van der Waals surface area contributed by atoms with Crippen molar-refractivity contribution < 1.29 is 0 Å². The SMILES string of the molecule is Cc1nccc(-c2cn[nH]c2)c1C#Cc1ccc(N)nc1. The predicted molar refractivity (Wildman–Crippen MR) is 81.2 cm³/mol. The van der Waals surface area contributed by atoms with Gasteiger partial charge in [-0.05, 0) is 25.1 Å². The van der Waals surface area contributed by atoms with E-state index in [0.29, 0.717) is 5.82 Å². The first-order chi connectivity index (χ1) is 10.2. The Hall–Kier alpha value is -3.13. The molecule has 3 aromatic heterocycles. The van der Waals surface area contributed by atoms with Gasteiger partial charge >= 0.3 is 0 Å². The third-order valence-corrected chi connectivity index (χ3v) is 3.07. The van der Waals surface area contributed by atoms with Crippen LogP contribution in [0.25, 0.3) is 11.1 Å². The van der Waals surface area contributed by atoms with Crippen LogP contribution in [0, 0.1) is 18.8 Å². The lowest BCUT2D eigenvalue weighted by Crippen LogP contribution is -1.92.